The second-order valence-corrected chi connectivity index (χ2v) is 17.1. The predicted octanol–water partition coefficient (Wildman–Crippen LogP) is 2.80. The molecule has 0 bridgehead atoms. The summed E-state index contributed by atoms with van der Waals surface area (Å²) in [5, 5.41) is 7.39. The Bertz CT molecular complexity index is 1600. The van der Waals surface area contributed by atoms with Crippen molar-refractivity contribution >= 4 is 39.9 Å². The van der Waals surface area contributed by atoms with Gasteiger partial charge in [0.1, 0.15) is 29.3 Å². The molecule has 0 aromatic heterocycles. The molecule has 1 aliphatic heterocycles. The molecule has 3 aliphatic rings. The standard InChI is InChI=1S/C34H49N5O9S/c1-9-22-17-34(22,29(42)38-49(45,46)24-14-15-24)37-27(40)25-16-23(47-30(43)35-18-21-13-11-10-12-20(21)2)19-39(25)28(41)26(32(3,4)5)36-31(44)48-33(6,7)8/h9-13,22-26H,1,14-19H2,2-8H3,(H,35,43)(H,36,44)(H,37,40)(H,38,42)/t22?,23-,25+,26-,34?/m1/s1. The number of benzene rings is 1. The lowest BCUT2D eigenvalue weighted by atomic mass is 9.85. The van der Waals surface area contributed by atoms with Crippen LogP contribution in [-0.4, -0.2) is 84.3 Å². The highest BCUT2D eigenvalue weighted by molar-refractivity contribution is 7.91. The summed E-state index contributed by atoms with van der Waals surface area (Å²) < 4.78 is 38.4. The summed E-state index contributed by atoms with van der Waals surface area (Å²) in [7, 11) is -3.91. The van der Waals surface area contributed by atoms with Crippen LogP contribution >= 0.6 is 0 Å². The molecule has 1 aromatic rings. The average Bonchev–Trinajstić information content (AvgIpc) is 3.90. The van der Waals surface area contributed by atoms with E-state index in [9.17, 15) is 32.4 Å². The summed E-state index contributed by atoms with van der Waals surface area (Å²) >= 11 is 0. The second kappa shape index (κ2) is 14.0. The maximum Gasteiger partial charge on any atom is 0.408 e. The lowest BCUT2D eigenvalue weighted by molar-refractivity contribution is -0.143. The highest BCUT2D eigenvalue weighted by Crippen LogP contribution is 2.45. The number of hydrogen-bond donors (Lipinski definition) is 4. The van der Waals surface area contributed by atoms with Crippen LogP contribution in [0.3, 0.4) is 0 Å². The zero-order valence-corrected chi connectivity index (χ0v) is 30.1. The number of nitrogens with zero attached hydrogens (tertiary/aromatic N) is 1. The second-order valence-electron chi connectivity index (χ2n) is 15.2. The number of aryl methyl sites for hydroxylation is 1. The molecule has 4 rings (SSSR count). The minimum absolute atomic E-state index is 0.112. The topological polar surface area (TPSA) is 189 Å². The summed E-state index contributed by atoms with van der Waals surface area (Å²) in [6.07, 6.45) is -0.160. The van der Waals surface area contributed by atoms with Gasteiger partial charge in [-0.05, 0) is 63.5 Å². The molecule has 14 nitrogen and oxygen atoms in total. The molecule has 1 saturated heterocycles. The number of carbonyl (C=O) groups is 5. The van der Waals surface area contributed by atoms with Gasteiger partial charge < -0.3 is 30.3 Å². The van der Waals surface area contributed by atoms with Crippen LogP contribution in [0, 0.1) is 18.3 Å². The minimum Gasteiger partial charge on any atom is -0.444 e. The number of ether oxygens (including phenoxy) is 2. The van der Waals surface area contributed by atoms with Crippen molar-refractivity contribution in [3.63, 3.8) is 0 Å². The Hall–Kier alpha value is -4.14. The molecule has 0 radical (unpaired) electrons. The van der Waals surface area contributed by atoms with E-state index >= 15 is 0 Å². The Morgan fingerprint density at radius 2 is 1.71 bits per heavy atom. The number of amides is 5. The number of likely N-dealkylation sites (tertiary alicyclic amines) is 1. The van der Waals surface area contributed by atoms with Gasteiger partial charge in [-0.2, -0.15) is 0 Å². The van der Waals surface area contributed by atoms with Gasteiger partial charge in [0.15, 0.2) is 0 Å². The van der Waals surface area contributed by atoms with E-state index in [0.717, 1.165) is 11.1 Å². The highest BCUT2D eigenvalue weighted by atomic mass is 32.2. The molecule has 4 N–H and O–H groups in total. The number of hydrogen-bond acceptors (Lipinski definition) is 9. The quantitative estimate of drug-likeness (QED) is 0.251. The van der Waals surface area contributed by atoms with Crippen molar-refractivity contribution in [1.82, 2.24) is 25.6 Å². The third-order valence-corrected chi connectivity index (χ3v) is 10.6. The van der Waals surface area contributed by atoms with Crippen LogP contribution in [0.25, 0.3) is 0 Å². The van der Waals surface area contributed by atoms with Crippen molar-refractivity contribution < 1.29 is 41.9 Å². The fraction of sp³-hybridized carbons (Fsp3) is 0.618. The fourth-order valence-electron chi connectivity index (χ4n) is 5.80. The molecule has 1 aromatic carbocycles. The van der Waals surface area contributed by atoms with Crippen LogP contribution in [0.2, 0.25) is 0 Å². The average molecular weight is 704 g/mol. The molecule has 2 unspecified atom stereocenters. The Balaban J connectivity index is 1.56. The Morgan fingerprint density at radius 1 is 1.06 bits per heavy atom. The van der Waals surface area contributed by atoms with Crippen molar-refractivity contribution in [1.29, 1.82) is 0 Å². The first-order chi connectivity index (χ1) is 22.7. The Labute approximate surface area is 288 Å². The number of nitrogens with one attached hydrogen (secondary N) is 4. The van der Waals surface area contributed by atoms with Crippen molar-refractivity contribution in [3.8, 4) is 0 Å². The normalized spacial score (nSPS) is 24.2. The number of alkyl carbamates (subject to hydrolysis) is 2. The zero-order valence-electron chi connectivity index (χ0n) is 29.3. The fourth-order valence-corrected chi connectivity index (χ4v) is 7.17. The SMILES string of the molecule is C=CC1CC1(NC(=O)[C@@H]1C[C@@H](OC(=O)NCc2ccccc2C)CN1C(=O)[C@@H](NC(=O)OC(C)(C)C)C(C)(C)C)C(=O)NS(=O)(=O)C1CC1. The van der Waals surface area contributed by atoms with Crippen LogP contribution in [0.1, 0.15) is 78.4 Å². The maximum atomic E-state index is 14.2. The van der Waals surface area contributed by atoms with Crippen molar-refractivity contribution in [3.05, 3.63) is 48.0 Å². The third kappa shape index (κ3) is 9.31. The summed E-state index contributed by atoms with van der Waals surface area (Å²) in [5.74, 6) is -2.80. The van der Waals surface area contributed by atoms with Gasteiger partial charge in [-0.1, -0.05) is 51.1 Å². The van der Waals surface area contributed by atoms with E-state index in [1.165, 1.54) is 11.0 Å². The Morgan fingerprint density at radius 3 is 2.27 bits per heavy atom. The lowest BCUT2D eigenvalue weighted by Crippen LogP contribution is -2.60. The number of sulfonamides is 1. The van der Waals surface area contributed by atoms with Gasteiger partial charge in [0.25, 0.3) is 5.91 Å². The minimum atomic E-state index is -3.91. The van der Waals surface area contributed by atoms with Gasteiger partial charge in [0.05, 0.1) is 11.8 Å². The molecule has 1 heterocycles. The van der Waals surface area contributed by atoms with Gasteiger partial charge in [-0.3, -0.25) is 19.1 Å². The van der Waals surface area contributed by atoms with E-state index in [0.29, 0.717) is 12.8 Å². The largest absolute Gasteiger partial charge is 0.444 e. The molecule has 5 atom stereocenters. The van der Waals surface area contributed by atoms with Crippen molar-refractivity contribution in [2.75, 3.05) is 6.54 Å². The molecule has 5 amide bonds. The number of carbonyl (C=O) groups excluding carboxylic acids is 5. The van der Waals surface area contributed by atoms with E-state index in [1.807, 2.05) is 31.2 Å². The van der Waals surface area contributed by atoms with Crippen molar-refractivity contribution in [2.45, 2.75) is 115 Å². The van der Waals surface area contributed by atoms with Crippen molar-refractivity contribution in [2.24, 2.45) is 11.3 Å². The first-order valence-electron chi connectivity index (χ1n) is 16.5. The highest BCUT2D eigenvalue weighted by Gasteiger charge is 2.62. The monoisotopic (exact) mass is 703 g/mol. The summed E-state index contributed by atoms with van der Waals surface area (Å²) in [6.45, 7) is 15.9. The van der Waals surface area contributed by atoms with Gasteiger partial charge in [-0.25, -0.2) is 18.0 Å². The molecule has 0 spiro atoms. The molecular weight excluding hydrogens is 654 g/mol. The Kier molecular flexibility index (Phi) is 10.8. The lowest BCUT2D eigenvalue weighted by Gasteiger charge is -2.36. The van der Waals surface area contributed by atoms with Crippen LogP contribution in [0.5, 0.6) is 0 Å². The summed E-state index contributed by atoms with van der Waals surface area (Å²) in [6, 6.07) is 5.12. The first kappa shape index (κ1) is 37.7. The molecular formula is C34H49N5O9S. The molecule has 3 fully saturated rings. The first-order valence-corrected chi connectivity index (χ1v) is 18.0. The van der Waals surface area contributed by atoms with Crippen LogP contribution in [0.15, 0.2) is 36.9 Å². The predicted molar refractivity (Wildman–Crippen MR) is 180 cm³/mol. The van der Waals surface area contributed by atoms with Crippen LogP contribution < -0.4 is 20.7 Å². The molecule has 49 heavy (non-hydrogen) atoms. The van der Waals surface area contributed by atoms with Gasteiger partial charge >= 0.3 is 12.2 Å². The zero-order chi connectivity index (χ0) is 36.5. The van der Waals surface area contributed by atoms with Gasteiger partial charge in [-0.15, -0.1) is 6.58 Å². The molecule has 2 aliphatic carbocycles. The molecule has 2 saturated carbocycles. The van der Waals surface area contributed by atoms with E-state index in [4.69, 9.17) is 9.47 Å². The molecule has 15 heteroatoms. The smallest absolute Gasteiger partial charge is 0.408 e. The summed E-state index contributed by atoms with van der Waals surface area (Å²) in [5.41, 5.74) is -1.42. The summed E-state index contributed by atoms with van der Waals surface area (Å²) in [4.78, 5) is 68.5. The van der Waals surface area contributed by atoms with E-state index < -0.39 is 85.8 Å². The van der Waals surface area contributed by atoms with E-state index in [-0.39, 0.29) is 25.9 Å². The molecule has 270 valence electrons. The maximum absolute atomic E-state index is 14.2. The van der Waals surface area contributed by atoms with Crippen LogP contribution in [-0.2, 0) is 40.4 Å². The number of rotatable bonds is 11. The van der Waals surface area contributed by atoms with E-state index in [2.05, 4.69) is 27.3 Å². The van der Waals surface area contributed by atoms with Crippen LogP contribution in [0.4, 0.5) is 9.59 Å². The van der Waals surface area contributed by atoms with E-state index in [1.54, 1.807) is 41.5 Å². The van der Waals surface area contributed by atoms with Gasteiger partial charge in [0, 0.05) is 18.9 Å². The van der Waals surface area contributed by atoms with Gasteiger partial charge in [0.2, 0.25) is 21.8 Å². The third-order valence-electron chi connectivity index (χ3n) is 8.83.